The topological polar surface area (TPSA) is 12.5 Å². The summed E-state index contributed by atoms with van der Waals surface area (Å²) >= 11 is 0. The van der Waals surface area contributed by atoms with E-state index in [0.717, 1.165) is 37.7 Å². The molecule has 1 nitrogen and oxygen atoms in total. The van der Waals surface area contributed by atoms with E-state index in [2.05, 4.69) is 25.2 Å². The Bertz CT molecular complexity index is 600. The number of halogens is 2. The highest BCUT2D eigenvalue weighted by Crippen LogP contribution is 2.37. The normalized spacial score (nSPS) is 24.6. The molecular formula is C19H22F2O. The van der Waals surface area contributed by atoms with Crippen LogP contribution >= 0.6 is 0 Å². The van der Waals surface area contributed by atoms with Gasteiger partial charge in [-0.15, -0.1) is 0 Å². The van der Waals surface area contributed by atoms with Crippen LogP contribution in [-0.4, -0.2) is 6.61 Å². The second-order valence-corrected chi connectivity index (χ2v) is 6.13. The van der Waals surface area contributed by atoms with Gasteiger partial charge in [0.15, 0.2) is 11.6 Å². The van der Waals surface area contributed by atoms with E-state index in [1.54, 1.807) is 12.1 Å². The molecule has 0 N–H and O–H groups in total. The van der Waals surface area contributed by atoms with E-state index in [1.807, 2.05) is 0 Å². The second-order valence-electron chi connectivity index (χ2n) is 6.13. The summed E-state index contributed by atoms with van der Waals surface area (Å²) in [4.78, 5) is 0. The number of allylic oxidation sites excluding steroid dienone is 4. The van der Waals surface area contributed by atoms with Crippen LogP contribution in [0.1, 0.15) is 56.3 Å². The molecule has 2 unspecified atom stereocenters. The van der Waals surface area contributed by atoms with Crippen LogP contribution in [0.25, 0.3) is 5.57 Å². The van der Waals surface area contributed by atoms with Crippen molar-refractivity contribution < 1.29 is 13.5 Å². The fraction of sp³-hybridized carbons (Fsp3) is 0.474. The zero-order valence-electron chi connectivity index (χ0n) is 12.9. The fourth-order valence-electron chi connectivity index (χ4n) is 3.02. The molecule has 0 aromatic heterocycles. The molecule has 1 aromatic rings. The average molecular weight is 304 g/mol. The van der Waals surface area contributed by atoms with Crippen molar-refractivity contribution in [3.8, 4) is 0 Å². The Hall–Kier alpha value is -1.48. The lowest BCUT2D eigenvalue weighted by atomic mass is 9.85. The van der Waals surface area contributed by atoms with Crippen LogP contribution in [0.4, 0.5) is 8.78 Å². The largest absolute Gasteiger partial charge is 0.368 e. The molecule has 1 aliphatic heterocycles. The first-order valence-electron chi connectivity index (χ1n) is 8.16. The van der Waals surface area contributed by atoms with Crippen LogP contribution in [0.5, 0.6) is 0 Å². The summed E-state index contributed by atoms with van der Waals surface area (Å²) in [6, 6.07) is 3.37. The summed E-state index contributed by atoms with van der Waals surface area (Å²) in [6.07, 6.45) is 11.3. The first-order valence-corrected chi connectivity index (χ1v) is 8.16. The monoisotopic (exact) mass is 304 g/mol. The lowest BCUT2D eigenvalue weighted by Crippen LogP contribution is -2.05. The third-order valence-corrected chi connectivity index (χ3v) is 4.45. The molecule has 2 atom stereocenters. The molecule has 1 saturated heterocycles. The predicted molar refractivity (Wildman–Crippen MR) is 84.4 cm³/mol. The minimum Gasteiger partial charge on any atom is -0.368 e. The first-order chi connectivity index (χ1) is 10.7. The molecule has 0 radical (unpaired) electrons. The van der Waals surface area contributed by atoms with Crippen LogP contribution in [-0.2, 0) is 4.74 Å². The van der Waals surface area contributed by atoms with Crippen molar-refractivity contribution >= 4 is 5.57 Å². The number of ether oxygens (including phenoxy) is 1. The smallest absolute Gasteiger partial charge is 0.166 e. The quantitative estimate of drug-likeness (QED) is 0.511. The summed E-state index contributed by atoms with van der Waals surface area (Å²) in [5.74, 6) is -0.938. The van der Waals surface area contributed by atoms with E-state index in [-0.39, 0.29) is 6.10 Å². The highest BCUT2D eigenvalue weighted by Gasteiger charge is 2.30. The van der Waals surface area contributed by atoms with E-state index < -0.39 is 11.6 Å². The molecule has 1 aromatic carbocycles. The van der Waals surface area contributed by atoms with Gasteiger partial charge in [-0.2, -0.15) is 0 Å². The number of unbranched alkanes of at least 4 members (excludes halogenated alkanes) is 1. The minimum absolute atomic E-state index is 0.253. The summed E-state index contributed by atoms with van der Waals surface area (Å²) in [6.45, 7) is 2.65. The average Bonchev–Trinajstić information content (AvgIpc) is 3.36. The van der Waals surface area contributed by atoms with E-state index >= 15 is 0 Å². The van der Waals surface area contributed by atoms with Gasteiger partial charge < -0.3 is 4.74 Å². The maximum atomic E-state index is 14.3. The van der Waals surface area contributed by atoms with Gasteiger partial charge in [-0.1, -0.05) is 43.7 Å². The van der Waals surface area contributed by atoms with Gasteiger partial charge in [0.05, 0.1) is 6.61 Å². The van der Waals surface area contributed by atoms with Gasteiger partial charge in [-0.25, -0.2) is 8.78 Å². The second kappa shape index (κ2) is 6.74. The maximum absolute atomic E-state index is 14.3. The lowest BCUT2D eigenvalue weighted by Gasteiger charge is -2.20. The maximum Gasteiger partial charge on any atom is 0.166 e. The molecule has 1 heterocycles. The molecule has 1 aliphatic carbocycles. The van der Waals surface area contributed by atoms with Crippen molar-refractivity contribution in [2.24, 2.45) is 5.92 Å². The Morgan fingerprint density at radius 3 is 2.73 bits per heavy atom. The number of rotatable bonds is 5. The van der Waals surface area contributed by atoms with E-state index in [0.29, 0.717) is 23.7 Å². The molecule has 22 heavy (non-hydrogen) atoms. The first kappa shape index (κ1) is 15.4. The molecular weight excluding hydrogens is 282 g/mol. The van der Waals surface area contributed by atoms with Gasteiger partial charge in [0.2, 0.25) is 0 Å². The molecule has 0 spiro atoms. The summed E-state index contributed by atoms with van der Waals surface area (Å²) in [5, 5.41) is 0. The number of hydrogen-bond donors (Lipinski definition) is 0. The molecule has 3 heteroatoms. The zero-order valence-corrected chi connectivity index (χ0v) is 12.9. The van der Waals surface area contributed by atoms with Crippen LogP contribution in [0.15, 0.2) is 30.4 Å². The third kappa shape index (κ3) is 3.30. The molecule has 3 rings (SSSR count). The van der Waals surface area contributed by atoms with Gasteiger partial charge in [-0.05, 0) is 37.2 Å². The lowest BCUT2D eigenvalue weighted by molar-refractivity contribution is 0.401. The van der Waals surface area contributed by atoms with Crippen LogP contribution < -0.4 is 0 Å². The van der Waals surface area contributed by atoms with Crippen molar-refractivity contribution in [3.63, 3.8) is 0 Å². The SMILES string of the molecule is CCC/C=C/C1CC=C(c2ccc(C3CO3)c(F)c2F)CC1. The fourth-order valence-corrected chi connectivity index (χ4v) is 3.02. The number of epoxide rings is 1. The minimum atomic E-state index is -0.745. The van der Waals surface area contributed by atoms with Gasteiger partial charge in [0, 0.05) is 11.1 Å². The van der Waals surface area contributed by atoms with Crippen molar-refractivity contribution in [2.75, 3.05) is 6.61 Å². The Morgan fingerprint density at radius 1 is 1.27 bits per heavy atom. The number of hydrogen-bond acceptors (Lipinski definition) is 1. The highest BCUT2D eigenvalue weighted by molar-refractivity contribution is 5.67. The Labute approximate surface area is 130 Å². The van der Waals surface area contributed by atoms with Crippen LogP contribution in [0, 0.1) is 17.6 Å². The van der Waals surface area contributed by atoms with Gasteiger partial charge >= 0.3 is 0 Å². The molecule has 0 bridgehead atoms. The summed E-state index contributed by atoms with van der Waals surface area (Å²) < 4.78 is 33.4. The van der Waals surface area contributed by atoms with E-state index in [9.17, 15) is 8.78 Å². The highest BCUT2D eigenvalue weighted by atomic mass is 19.2. The molecule has 0 saturated carbocycles. The summed E-state index contributed by atoms with van der Waals surface area (Å²) in [7, 11) is 0. The van der Waals surface area contributed by atoms with Crippen molar-refractivity contribution in [3.05, 3.63) is 53.1 Å². The Kier molecular flexibility index (Phi) is 4.72. The van der Waals surface area contributed by atoms with Crippen molar-refractivity contribution in [1.82, 2.24) is 0 Å². The van der Waals surface area contributed by atoms with E-state index in [4.69, 9.17) is 4.74 Å². The Morgan fingerprint density at radius 2 is 2.09 bits per heavy atom. The van der Waals surface area contributed by atoms with Crippen molar-refractivity contribution in [2.45, 2.75) is 45.1 Å². The van der Waals surface area contributed by atoms with E-state index in [1.165, 1.54) is 0 Å². The molecule has 2 aliphatic rings. The Balaban J connectivity index is 1.74. The molecule has 1 fully saturated rings. The summed E-state index contributed by atoms with van der Waals surface area (Å²) in [5.41, 5.74) is 1.69. The molecule has 118 valence electrons. The molecule has 0 amide bonds. The van der Waals surface area contributed by atoms with Crippen LogP contribution in [0.3, 0.4) is 0 Å². The number of benzene rings is 1. The van der Waals surface area contributed by atoms with Gasteiger partial charge in [0.1, 0.15) is 6.10 Å². The van der Waals surface area contributed by atoms with Crippen molar-refractivity contribution in [1.29, 1.82) is 0 Å². The van der Waals surface area contributed by atoms with Gasteiger partial charge in [-0.3, -0.25) is 0 Å². The third-order valence-electron chi connectivity index (χ3n) is 4.45. The standard InChI is InChI=1S/C19H22F2O/c1-2-3-4-5-13-6-8-14(9-7-13)15-10-11-16(17-12-22-17)19(21)18(15)20/h4-5,8,10-11,13,17H,2-3,6-7,9,12H2,1H3/b5-4+. The zero-order chi connectivity index (χ0) is 15.5. The van der Waals surface area contributed by atoms with Gasteiger partial charge in [0.25, 0.3) is 0 Å². The van der Waals surface area contributed by atoms with Crippen LogP contribution in [0.2, 0.25) is 0 Å². The predicted octanol–water partition coefficient (Wildman–Crippen LogP) is 5.58.